The standard InChI is InChI=1S/2C7H7NO.H3O4P/c2*8-7(9)6-4-2-1-3-5-6;1-5(2,3)4/h2*1-5H,(H2,8,9);(H3,1,2,3,4). The molecule has 9 heteroatoms. The summed E-state index contributed by atoms with van der Waals surface area (Å²) < 4.78 is 8.88. The van der Waals surface area contributed by atoms with E-state index in [-0.39, 0.29) is 11.8 Å². The number of hydrogen-bond donors (Lipinski definition) is 5. The summed E-state index contributed by atoms with van der Waals surface area (Å²) in [7, 11) is -4.64. The zero-order valence-corrected chi connectivity index (χ0v) is 12.8. The van der Waals surface area contributed by atoms with E-state index in [0.29, 0.717) is 11.1 Å². The minimum absolute atomic E-state index is 0.379. The van der Waals surface area contributed by atoms with Crippen molar-refractivity contribution in [3.05, 3.63) is 71.8 Å². The maximum Gasteiger partial charge on any atom is 0.466 e. The zero-order chi connectivity index (χ0) is 17.9. The van der Waals surface area contributed by atoms with E-state index >= 15 is 0 Å². The van der Waals surface area contributed by atoms with Gasteiger partial charge < -0.3 is 26.1 Å². The monoisotopic (exact) mass is 340 g/mol. The van der Waals surface area contributed by atoms with E-state index in [1.165, 1.54) is 0 Å². The lowest BCUT2D eigenvalue weighted by Crippen LogP contribution is -2.09. The SMILES string of the molecule is NC(=O)c1ccccc1.NC(=O)c1ccccc1.O=P(O)(O)O. The van der Waals surface area contributed by atoms with E-state index in [9.17, 15) is 9.59 Å². The molecular weight excluding hydrogens is 323 g/mol. The number of primary amides is 2. The fourth-order valence-electron chi connectivity index (χ4n) is 1.20. The van der Waals surface area contributed by atoms with Gasteiger partial charge >= 0.3 is 7.82 Å². The summed E-state index contributed by atoms with van der Waals surface area (Å²) >= 11 is 0. The zero-order valence-electron chi connectivity index (χ0n) is 11.9. The minimum Gasteiger partial charge on any atom is -0.366 e. The summed E-state index contributed by atoms with van der Waals surface area (Å²) in [5.74, 6) is -0.758. The van der Waals surface area contributed by atoms with Gasteiger partial charge in [-0.05, 0) is 24.3 Å². The Bertz CT molecular complexity index is 600. The maximum atomic E-state index is 10.4. The van der Waals surface area contributed by atoms with Gasteiger partial charge in [-0.1, -0.05) is 36.4 Å². The third-order valence-electron chi connectivity index (χ3n) is 2.12. The van der Waals surface area contributed by atoms with Gasteiger partial charge in [0.2, 0.25) is 11.8 Å². The molecule has 23 heavy (non-hydrogen) atoms. The molecule has 0 fully saturated rings. The first-order valence-electron chi connectivity index (χ1n) is 6.09. The Balaban J connectivity index is 0.000000332. The van der Waals surface area contributed by atoms with Crippen LogP contribution in [-0.2, 0) is 4.57 Å². The molecule has 0 aliphatic heterocycles. The van der Waals surface area contributed by atoms with Gasteiger partial charge in [0, 0.05) is 11.1 Å². The van der Waals surface area contributed by atoms with Crippen molar-refractivity contribution in [1.29, 1.82) is 0 Å². The largest absolute Gasteiger partial charge is 0.466 e. The molecular formula is C14H17N2O6P. The number of nitrogens with two attached hydrogens (primary N) is 2. The van der Waals surface area contributed by atoms with E-state index < -0.39 is 7.82 Å². The smallest absolute Gasteiger partial charge is 0.366 e. The molecule has 2 amide bonds. The van der Waals surface area contributed by atoms with Gasteiger partial charge in [0.1, 0.15) is 0 Å². The van der Waals surface area contributed by atoms with Crippen LogP contribution in [0.4, 0.5) is 0 Å². The molecule has 0 spiro atoms. The van der Waals surface area contributed by atoms with Crippen LogP contribution in [0.15, 0.2) is 60.7 Å². The van der Waals surface area contributed by atoms with Gasteiger partial charge in [-0.2, -0.15) is 0 Å². The van der Waals surface area contributed by atoms with Gasteiger partial charge in [0.15, 0.2) is 0 Å². The van der Waals surface area contributed by atoms with E-state index in [1.807, 2.05) is 12.1 Å². The third-order valence-corrected chi connectivity index (χ3v) is 2.12. The highest BCUT2D eigenvalue weighted by Gasteiger charge is 2.00. The van der Waals surface area contributed by atoms with Crippen LogP contribution in [0, 0.1) is 0 Å². The molecule has 0 saturated heterocycles. The normalized spacial score (nSPS) is 9.52. The maximum absolute atomic E-state index is 10.4. The average Bonchev–Trinajstić information content (AvgIpc) is 2.48. The summed E-state index contributed by atoms with van der Waals surface area (Å²) in [5, 5.41) is 0. The van der Waals surface area contributed by atoms with Crippen molar-refractivity contribution in [2.24, 2.45) is 11.5 Å². The first kappa shape index (κ1) is 20.5. The highest BCUT2D eigenvalue weighted by atomic mass is 31.2. The lowest BCUT2D eigenvalue weighted by molar-refractivity contribution is 0.0992. The quantitative estimate of drug-likeness (QED) is 0.503. The van der Waals surface area contributed by atoms with Crippen molar-refractivity contribution in [2.45, 2.75) is 0 Å². The Labute approximate surface area is 132 Å². The van der Waals surface area contributed by atoms with Crippen molar-refractivity contribution in [2.75, 3.05) is 0 Å². The van der Waals surface area contributed by atoms with Crippen LogP contribution >= 0.6 is 7.82 Å². The number of carbonyl (C=O) groups is 2. The Hall–Kier alpha value is -2.51. The molecule has 0 aromatic heterocycles. The molecule has 0 aliphatic rings. The number of rotatable bonds is 2. The molecule has 2 aromatic rings. The fraction of sp³-hybridized carbons (Fsp3) is 0. The summed E-state index contributed by atoms with van der Waals surface area (Å²) in [4.78, 5) is 42.4. The first-order chi connectivity index (χ1) is 10.6. The lowest BCUT2D eigenvalue weighted by Gasteiger charge is -1.89. The second-order valence-electron chi connectivity index (χ2n) is 3.97. The summed E-state index contributed by atoms with van der Waals surface area (Å²) in [6.07, 6.45) is 0. The molecule has 0 atom stereocenters. The van der Waals surface area contributed by atoms with Crippen LogP contribution in [0.1, 0.15) is 20.7 Å². The Morgan fingerprint density at radius 3 is 1.04 bits per heavy atom. The average molecular weight is 340 g/mol. The highest BCUT2D eigenvalue weighted by Crippen LogP contribution is 2.25. The second kappa shape index (κ2) is 10.3. The number of carbonyl (C=O) groups excluding carboxylic acids is 2. The second-order valence-corrected chi connectivity index (χ2v) is 5.00. The topological polar surface area (TPSA) is 164 Å². The number of phosphoric acid groups is 1. The van der Waals surface area contributed by atoms with E-state index in [2.05, 4.69) is 0 Å². The van der Waals surface area contributed by atoms with Crippen LogP contribution in [0.5, 0.6) is 0 Å². The van der Waals surface area contributed by atoms with E-state index in [0.717, 1.165) is 0 Å². The van der Waals surface area contributed by atoms with Crippen LogP contribution in [0.3, 0.4) is 0 Å². The van der Waals surface area contributed by atoms with Crippen molar-refractivity contribution in [3.63, 3.8) is 0 Å². The summed E-state index contributed by atoms with van der Waals surface area (Å²) in [6, 6.07) is 17.5. The Kier molecular flexibility index (Phi) is 9.14. The van der Waals surface area contributed by atoms with Crippen LogP contribution in [0.25, 0.3) is 0 Å². The van der Waals surface area contributed by atoms with Gasteiger partial charge in [-0.15, -0.1) is 0 Å². The van der Waals surface area contributed by atoms with Gasteiger partial charge in [0.25, 0.3) is 0 Å². The first-order valence-corrected chi connectivity index (χ1v) is 7.65. The predicted octanol–water partition coefficient (Wildman–Crippen LogP) is 0.642. The van der Waals surface area contributed by atoms with Gasteiger partial charge in [-0.25, -0.2) is 4.57 Å². The molecule has 7 N–H and O–H groups in total. The number of hydrogen-bond acceptors (Lipinski definition) is 3. The summed E-state index contributed by atoms with van der Waals surface area (Å²) in [6.45, 7) is 0. The Morgan fingerprint density at radius 1 is 0.696 bits per heavy atom. The highest BCUT2D eigenvalue weighted by molar-refractivity contribution is 7.45. The number of benzene rings is 2. The molecule has 0 heterocycles. The molecule has 2 rings (SSSR count). The van der Waals surface area contributed by atoms with Gasteiger partial charge in [-0.3, -0.25) is 9.59 Å². The third kappa shape index (κ3) is 12.9. The van der Waals surface area contributed by atoms with Crippen molar-refractivity contribution in [3.8, 4) is 0 Å². The molecule has 0 radical (unpaired) electrons. The van der Waals surface area contributed by atoms with Crippen molar-refractivity contribution < 1.29 is 28.8 Å². The van der Waals surface area contributed by atoms with Crippen LogP contribution < -0.4 is 11.5 Å². The molecule has 124 valence electrons. The number of amides is 2. The molecule has 0 aliphatic carbocycles. The summed E-state index contributed by atoms with van der Waals surface area (Å²) in [5.41, 5.74) is 11.1. The molecule has 0 bridgehead atoms. The van der Waals surface area contributed by atoms with E-state index in [4.69, 9.17) is 30.7 Å². The lowest BCUT2D eigenvalue weighted by atomic mass is 10.2. The molecule has 2 aromatic carbocycles. The molecule has 0 saturated carbocycles. The fourth-order valence-corrected chi connectivity index (χ4v) is 1.20. The van der Waals surface area contributed by atoms with Gasteiger partial charge in [0.05, 0.1) is 0 Å². The van der Waals surface area contributed by atoms with Crippen LogP contribution in [-0.4, -0.2) is 26.5 Å². The van der Waals surface area contributed by atoms with Crippen molar-refractivity contribution in [1.82, 2.24) is 0 Å². The van der Waals surface area contributed by atoms with Crippen LogP contribution in [0.2, 0.25) is 0 Å². The van der Waals surface area contributed by atoms with E-state index in [1.54, 1.807) is 48.5 Å². The molecule has 0 unspecified atom stereocenters. The molecule has 8 nitrogen and oxygen atoms in total. The Morgan fingerprint density at radius 2 is 0.913 bits per heavy atom. The van der Waals surface area contributed by atoms with Crippen molar-refractivity contribution >= 4 is 19.6 Å². The predicted molar refractivity (Wildman–Crippen MR) is 84.2 cm³/mol. The minimum atomic E-state index is -4.64.